The highest BCUT2D eigenvalue weighted by atomic mass is 35.5. The predicted molar refractivity (Wildman–Crippen MR) is 97.4 cm³/mol. The summed E-state index contributed by atoms with van der Waals surface area (Å²) in [7, 11) is 0. The average Bonchev–Trinajstić information content (AvgIpc) is 2.53. The van der Waals surface area contributed by atoms with E-state index in [1.165, 1.54) is 43.3 Å². The van der Waals surface area contributed by atoms with Crippen LogP contribution >= 0.6 is 23.2 Å². The Morgan fingerprint density at radius 2 is 1.81 bits per heavy atom. The van der Waals surface area contributed by atoms with Gasteiger partial charge in [-0.2, -0.15) is 0 Å². The smallest absolute Gasteiger partial charge is 0.311 e. The van der Waals surface area contributed by atoms with Crippen molar-refractivity contribution in [1.82, 2.24) is 0 Å². The minimum absolute atomic E-state index is 0.185. The van der Waals surface area contributed by atoms with Crippen molar-refractivity contribution in [3.63, 3.8) is 0 Å². The highest BCUT2D eigenvalue weighted by Gasteiger charge is 2.21. The van der Waals surface area contributed by atoms with Crippen LogP contribution in [-0.2, 0) is 20.7 Å². The first-order chi connectivity index (χ1) is 12.3. The lowest BCUT2D eigenvalue weighted by Gasteiger charge is -2.14. The Kier molecular flexibility index (Phi) is 6.54. The molecule has 0 saturated carbocycles. The summed E-state index contributed by atoms with van der Waals surface area (Å²) in [5, 5.41) is 14.2. The van der Waals surface area contributed by atoms with Gasteiger partial charge in [-0.25, -0.2) is 0 Å². The summed E-state index contributed by atoms with van der Waals surface area (Å²) < 4.78 is 5.04. The number of anilines is 1. The molecule has 136 valence electrons. The van der Waals surface area contributed by atoms with E-state index < -0.39 is 22.9 Å². The van der Waals surface area contributed by atoms with Crippen molar-refractivity contribution in [3.8, 4) is 0 Å². The summed E-state index contributed by atoms with van der Waals surface area (Å²) in [6.07, 6.45) is -1.43. The summed E-state index contributed by atoms with van der Waals surface area (Å²) in [6, 6.07) is 10.3. The molecule has 0 radical (unpaired) electrons. The Bertz CT molecular complexity index is 837. The van der Waals surface area contributed by atoms with Gasteiger partial charge in [-0.3, -0.25) is 19.7 Å². The molecule has 1 N–H and O–H groups in total. The molecule has 0 aromatic heterocycles. The van der Waals surface area contributed by atoms with Crippen molar-refractivity contribution in [1.29, 1.82) is 0 Å². The number of ether oxygens (including phenoxy) is 1. The molecular weight excluding hydrogens is 383 g/mol. The standard InChI is InChI=1S/C17H14Cl2N2O5/c1-10(17(23)20-14-8-12(18)7-13(19)9-14)26-16(22)6-11-4-2-3-5-15(11)21(24)25/h2-5,7-10H,6H2,1H3,(H,20,23)/t10-/m1/s1. The predicted octanol–water partition coefficient (Wildman–Crippen LogP) is 4.01. The molecule has 0 fully saturated rings. The maximum Gasteiger partial charge on any atom is 0.311 e. The van der Waals surface area contributed by atoms with Gasteiger partial charge in [-0.15, -0.1) is 0 Å². The fourth-order valence-corrected chi connectivity index (χ4v) is 2.68. The number of nitro groups is 1. The number of halogens is 2. The Morgan fingerprint density at radius 1 is 1.19 bits per heavy atom. The highest BCUT2D eigenvalue weighted by molar-refractivity contribution is 6.35. The number of hydrogen-bond donors (Lipinski definition) is 1. The van der Waals surface area contributed by atoms with Crippen molar-refractivity contribution in [2.75, 3.05) is 5.32 Å². The number of rotatable bonds is 6. The van der Waals surface area contributed by atoms with Crippen LogP contribution in [0.2, 0.25) is 10.0 Å². The molecule has 2 aromatic rings. The topological polar surface area (TPSA) is 98.5 Å². The average molecular weight is 397 g/mol. The van der Waals surface area contributed by atoms with Crippen LogP contribution in [0.4, 0.5) is 11.4 Å². The molecule has 1 atom stereocenters. The molecule has 0 aliphatic rings. The zero-order valence-corrected chi connectivity index (χ0v) is 15.1. The number of nitro benzene ring substituents is 1. The first-order valence-electron chi connectivity index (χ1n) is 7.45. The molecule has 0 aliphatic carbocycles. The normalized spacial score (nSPS) is 11.5. The van der Waals surface area contributed by atoms with Crippen LogP contribution in [0.1, 0.15) is 12.5 Å². The summed E-state index contributed by atoms with van der Waals surface area (Å²) >= 11 is 11.7. The van der Waals surface area contributed by atoms with Crippen molar-refractivity contribution >= 4 is 46.5 Å². The van der Waals surface area contributed by atoms with Gasteiger partial charge >= 0.3 is 5.97 Å². The molecule has 0 unspecified atom stereocenters. The molecule has 0 bridgehead atoms. The van der Waals surface area contributed by atoms with E-state index in [0.717, 1.165) is 0 Å². The number of benzene rings is 2. The van der Waals surface area contributed by atoms with E-state index in [-0.39, 0.29) is 17.7 Å². The molecule has 0 heterocycles. The molecule has 2 rings (SSSR count). The second-order valence-electron chi connectivity index (χ2n) is 5.34. The minimum Gasteiger partial charge on any atom is -0.452 e. The Hall–Kier alpha value is -2.64. The van der Waals surface area contributed by atoms with Crippen LogP contribution in [0.25, 0.3) is 0 Å². The van der Waals surface area contributed by atoms with Crippen LogP contribution in [0, 0.1) is 10.1 Å². The molecule has 0 saturated heterocycles. The van der Waals surface area contributed by atoms with Gasteiger partial charge in [0, 0.05) is 27.4 Å². The maximum absolute atomic E-state index is 12.1. The number of carbonyl (C=O) groups is 2. The summed E-state index contributed by atoms with van der Waals surface area (Å²) in [5.74, 6) is -1.34. The Morgan fingerprint density at radius 3 is 2.42 bits per heavy atom. The van der Waals surface area contributed by atoms with E-state index >= 15 is 0 Å². The fourth-order valence-electron chi connectivity index (χ4n) is 2.16. The number of nitrogens with zero attached hydrogens (tertiary/aromatic N) is 1. The van der Waals surface area contributed by atoms with E-state index in [1.807, 2.05) is 0 Å². The quantitative estimate of drug-likeness (QED) is 0.451. The molecular formula is C17H14Cl2N2O5. The molecule has 0 spiro atoms. The monoisotopic (exact) mass is 396 g/mol. The second kappa shape index (κ2) is 8.64. The van der Waals surface area contributed by atoms with Crippen LogP contribution < -0.4 is 5.32 Å². The third kappa shape index (κ3) is 5.44. The molecule has 1 amide bonds. The first-order valence-corrected chi connectivity index (χ1v) is 8.20. The molecule has 2 aromatic carbocycles. The van der Waals surface area contributed by atoms with Gasteiger partial charge in [0.2, 0.25) is 0 Å². The molecule has 9 heteroatoms. The Labute approximate surface area is 159 Å². The van der Waals surface area contributed by atoms with Gasteiger partial charge in [-0.05, 0) is 25.1 Å². The highest BCUT2D eigenvalue weighted by Crippen LogP contribution is 2.23. The van der Waals surface area contributed by atoms with Crippen molar-refractivity contribution < 1.29 is 19.2 Å². The van der Waals surface area contributed by atoms with Gasteiger partial charge in [0.05, 0.1) is 11.3 Å². The summed E-state index contributed by atoms with van der Waals surface area (Å²) in [5.41, 5.74) is 0.376. The zero-order chi connectivity index (χ0) is 19.3. The van der Waals surface area contributed by atoms with Crippen LogP contribution in [-0.4, -0.2) is 22.9 Å². The van der Waals surface area contributed by atoms with E-state index in [0.29, 0.717) is 15.7 Å². The third-order valence-electron chi connectivity index (χ3n) is 3.33. The van der Waals surface area contributed by atoms with Crippen molar-refractivity contribution in [2.24, 2.45) is 0 Å². The molecule has 7 nitrogen and oxygen atoms in total. The van der Waals surface area contributed by atoms with Gasteiger partial charge in [-0.1, -0.05) is 41.4 Å². The number of esters is 1. The van der Waals surface area contributed by atoms with E-state index in [2.05, 4.69) is 5.32 Å². The number of nitrogens with one attached hydrogen (secondary N) is 1. The van der Waals surface area contributed by atoms with Gasteiger partial charge < -0.3 is 10.1 Å². The molecule has 26 heavy (non-hydrogen) atoms. The largest absolute Gasteiger partial charge is 0.452 e. The van der Waals surface area contributed by atoms with E-state index in [9.17, 15) is 19.7 Å². The van der Waals surface area contributed by atoms with E-state index in [4.69, 9.17) is 27.9 Å². The van der Waals surface area contributed by atoms with Gasteiger partial charge in [0.1, 0.15) is 0 Å². The minimum atomic E-state index is -1.11. The number of para-hydroxylation sites is 1. The fraction of sp³-hybridized carbons (Fsp3) is 0.176. The van der Waals surface area contributed by atoms with Crippen LogP contribution in [0.3, 0.4) is 0 Å². The lowest BCUT2D eigenvalue weighted by atomic mass is 10.1. The van der Waals surface area contributed by atoms with Gasteiger partial charge in [0.25, 0.3) is 11.6 Å². The van der Waals surface area contributed by atoms with E-state index in [1.54, 1.807) is 6.07 Å². The first kappa shape index (κ1) is 19.7. The van der Waals surface area contributed by atoms with Gasteiger partial charge in [0.15, 0.2) is 6.10 Å². The number of hydrogen-bond acceptors (Lipinski definition) is 5. The summed E-state index contributed by atoms with van der Waals surface area (Å²) in [6.45, 7) is 1.39. The summed E-state index contributed by atoms with van der Waals surface area (Å²) in [4.78, 5) is 34.5. The van der Waals surface area contributed by atoms with Crippen molar-refractivity contribution in [2.45, 2.75) is 19.4 Å². The lowest BCUT2D eigenvalue weighted by molar-refractivity contribution is -0.385. The van der Waals surface area contributed by atoms with Crippen LogP contribution in [0.5, 0.6) is 0 Å². The van der Waals surface area contributed by atoms with Crippen molar-refractivity contribution in [3.05, 3.63) is 68.2 Å². The second-order valence-corrected chi connectivity index (χ2v) is 6.21. The third-order valence-corrected chi connectivity index (χ3v) is 3.77. The maximum atomic E-state index is 12.1. The van der Waals surface area contributed by atoms with Crippen LogP contribution in [0.15, 0.2) is 42.5 Å². The number of amides is 1. The Balaban J connectivity index is 1.98. The number of carbonyl (C=O) groups excluding carboxylic acids is 2. The molecule has 0 aliphatic heterocycles. The zero-order valence-electron chi connectivity index (χ0n) is 13.6. The SMILES string of the molecule is C[C@@H](OC(=O)Cc1ccccc1[N+](=O)[O-])C(=O)Nc1cc(Cl)cc(Cl)c1. The lowest BCUT2D eigenvalue weighted by Crippen LogP contribution is -2.30.